The molecule has 0 saturated carbocycles. The van der Waals surface area contributed by atoms with Crippen molar-refractivity contribution in [2.45, 2.75) is 63.6 Å². The number of aromatic nitrogens is 3. The fraction of sp³-hybridized carbons (Fsp3) is 0.472. The van der Waals surface area contributed by atoms with Gasteiger partial charge in [-0.2, -0.15) is 0 Å². The number of amides is 3. The van der Waals surface area contributed by atoms with Crippen molar-refractivity contribution in [3.05, 3.63) is 85.5 Å². The number of ether oxygens (including phenoxy) is 1. The van der Waals surface area contributed by atoms with Gasteiger partial charge >= 0.3 is 0 Å². The molecule has 3 aliphatic heterocycles. The maximum Gasteiger partial charge on any atom is 0.250 e. The zero-order valence-electron chi connectivity index (χ0n) is 27.2. The van der Waals surface area contributed by atoms with E-state index in [9.17, 15) is 19.5 Å². The summed E-state index contributed by atoms with van der Waals surface area (Å²) in [7, 11) is 0. The van der Waals surface area contributed by atoms with Crippen LogP contribution in [0.1, 0.15) is 38.7 Å². The van der Waals surface area contributed by atoms with Crippen LogP contribution in [0.25, 0.3) is 11.0 Å². The molecule has 0 radical (unpaired) electrons. The number of aliphatic hydroxyl groups excluding tert-OH is 1. The van der Waals surface area contributed by atoms with Crippen molar-refractivity contribution in [3.8, 4) is 0 Å². The topological polar surface area (TPSA) is 121 Å². The number of para-hydroxylation sites is 1. The van der Waals surface area contributed by atoms with E-state index in [1.807, 2.05) is 68.4 Å². The highest BCUT2D eigenvalue weighted by Crippen LogP contribution is 2.65. The molecule has 1 spiro atoms. The van der Waals surface area contributed by atoms with Crippen LogP contribution < -0.4 is 0 Å². The summed E-state index contributed by atoms with van der Waals surface area (Å²) in [5, 5.41) is 18.1. The predicted octanol–water partition coefficient (Wildman–Crippen LogP) is 3.40. The van der Waals surface area contributed by atoms with Crippen molar-refractivity contribution < 1.29 is 24.2 Å². The minimum atomic E-state index is -1.20. The predicted molar refractivity (Wildman–Crippen MR) is 176 cm³/mol. The Bertz CT molecular complexity index is 1660. The molecule has 3 fully saturated rings. The molecular weight excluding hydrogens is 596 g/mol. The summed E-state index contributed by atoms with van der Waals surface area (Å²) in [6.45, 7) is 13.0. The number of hydrogen-bond donors (Lipinski definition) is 1. The van der Waals surface area contributed by atoms with E-state index in [2.05, 4.69) is 23.5 Å². The Morgan fingerprint density at radius 1 is 1.04 bits per heavy atom. The van der Waals surface area contributed by atoms with Gasteiger partial charge in [-0.25, -0.2) is 4.68 Å². The number of carbonyl (C=O) groups is 3. The van der Waals surface area contributed by atoms with Gasteiger partial charge in [0.05, 0.1) is 23.0 Å². The summed E-state index contributed by atoms with van der Waals surface area (Å²) in [6.07, 6.45) is 4.79. The second kappa shape index (κ2) is 13.0. The third-order valence-electron chi connectivity index (χ3n) is 10.4. The van der Waals surface area contributed by atoms with Crippen LogP contribution in [0, 0.1) is 17.8 Å². The van der Waals surface area contributed by atoms with Crippen LogP contribution in [0.3, 0.4) is 0 Å². The summed E-state index contributed by atoms with van der Waals surface area (Å²) in [5.74, 6) is -2.43. The highest BCUT2D eigenvalue weighted by atomic mass is 16.5. The van der Waals surface area contributed by atoms with Gasteiger partial charge in [-0.3, -0.25) is 14.4 Å². The maximum absolute atomic E-state index is 14.9. The van der Waals surface area contributed by atoms with Gasteiger partial charge in [0.2, 0.25) is 17.7 Å². The monoisotopic (exact) mass is 640 g/mol. The zero-order valence-corrected chi connectivity index (χ0v) is 27.2. The van der Waals surface area contributed by atoms with Gasteiger partial charge in [0.25, 0.3) is 0 Å². The number of rotatable bonds is 14. The molecule has 2 bridgehead atoms. The molecule has 2 aromatic carbocycles. The molecule has 3 aromatic rings. The Balaban J connectivity index is 1.39. The van der Waals surface area contributed by atoms with Gasteiger partial charge in [-0.15, -0.1) is 18.3 Å². The number of fused-ring (bicyclic) bond motifs is 2. The molecule has 6 atom stereocenters. The summed E-state index contributed by atoms with van der Waals surface area (Å²) < 4.78 is 8.64. The fourth-order valence-electron chi connectivity index (χ4n) is 8.15. The van der Waals surface area contributed by atoms with Gasteiger partial charge in [0, 0.05) is 32.8 Å². The van der Waals surface area contributed by atoms with Gasteiger partial charge in [0.1, 0.15) is 23.8 Å². The second-order valence-electron chi connectivity index (χ2n) is 13.2. The first-order valence-electron chi connectivity index (χ1n) is 16.4. The minimum Gasteiger partial charge on any atom is -0.396 e. The Labute approximate surface area is 275 Å². The van der Waals surface area contributed by atoms with E-state index in [1.165, 1.54) is 0 Å². The van der Waals surface area contributed by atoms with E-state index in [1.54, 1.807) is 31.5 Å². The Hall–Kier alpha value is -4.35. The molecule has 47 heavy (non-hydrogen) atoms. The van der Waals surface area contributed by atoms with Gasteiger partial charge < -0.3 is 24.5 Å². The van der Waals surface area contributed by atoms with E-state index in [4.69, 9.17) is 4.74 Å². The molecule has 11 nitrogen and oxygen atoms in total. The van der Waals surface area contributed by atoms with Crippen molar-refractivity contribution in [3.63, 3.8) is 0 Å². The standard InChI is InChI=1S/C36H44N6O5/c1-5-18-39(23-26-14-8-7-9-15-26)32(44)29-30-33(45)41(20-12-13-21-43)31(36(30)22-25(3)35(29,4)47-36)34(46)40(19-6-2)24-42-28-17-11-10-16-27(28)37-38-42/h5-11,14-17,25,29-31,43H,1-2,12-13,18-24H2,3-4H3/t25?,29-,30+,31?,35+,36?/m1/s1. The lowest BCUT2D eigenvalue weighted by atomic mass is 9.62. The number of carbonyl (C=O) groups excluding carboxylic acids is 3. The van der Waals surface area contributed by atoms with Crippen molar-refractivity contribution in [1.82, 2.24) is 29.7 Å². The molecular formula is C36H44N6O5. The van der Waals surface area contributed by atoms with Crippen molar-refractivity contribution >= 4 is 28.8 Å². The van der Waals surface area contributed by atoms with Gasteiger partial charge in [-0.1, -0.05) is 66.8 Å². The number of hydrogen-bond acceptors (Lipinski definition) is 7. The van der Waals surface area contributed by atoms with Crippen LogP contribution in [-0.2, 0) is 32.3 Å². The summed E-state index contributed by atoms with van der Waals surface area (Å²) in [5.41, 5.74) is 0.307. The highest BCUT2D eigenvalue weighted by Gasteiger charge is 2.80. The van der Waals surface area contributed by atoms with Crippen LogP contribution in [0.2, 0.25) is 0 Å². The molecule has 3 aliphatic rings. The van der Waals surface area contributed by atoms with Crippen molar-refractivity contribution in [2.24, 2.45) is 17.8 Å². The minimum absolute atomic E-state index is 0.0279. The van der Waals surface area contributed by atoms with E-state index in [0.29, 0.717) is 37.9 Å². The maximum atomic E-state index is 14.9. The SMILES string of the molecule is C=CCN(Cn1nnc2ccccc21)C(=O)C1N(CCCCO)C(=O)[C@@H]2[C@H](C(=O)N(CC=C)Cc3ccccc3)[C@@]3(C)OC12CC3C. The molecule has 4 heterocycles. The Kier molecular flexibility index (Phi) is 9.04. The third-order valence-corrected chi connectivity index (χ3v) is 10.4. The fourth-order valence-corrected chi connectivity index (χ4v) is 8.15. The molecule has 3 saturated heterocycles. The molecule has 3 amide bonds. The quantitative estimate of drug-likeness (QED) is 0.212. The third kappa shape index (κ3) is 5.45. The van der Waals surface area contributed by atoms with Crippen molar-refractivity contribution in [1.29, 1.82) is 0 Å². The van der Waals surface area contributed by atoms with Gasteiger partial charge in [-0.05, 0) is 49.8 Å². The van der Waals surface area contributed by atoms with E-state index < -0.39 is 29.1 Å². The van der Waals surface area contributed by atoms with Crippen LogP contribution in [-0.4, -0.2) is 96.0 Å². The normalized spacial score (nSPS) is 27.6. The van der Waals surface area contributed by atoms with Crippen LogP contribution in [0.5, 0.6) is 0 Å². The molecule has 3 unspecified atom stereocenters. The van der Waals surface area contributed by atoms with Crippen LogP contribution in [0.4, 0.5) is 0 Å². The summed E-state index contributed by atoms with van der Waals surface area (Å²) >= 11 is 0. The average molecular weight is 641 g/mol. The number of nitrogens with zero attached hydrogens (tertiary/aromatic N) is 6. The van der Waals surface area contributed by atoms with Crippen molar-refractivity contribution in [2.75, 3.05) is 26.2 Å². The first-order valence-corrected chi connectivity index (χ1v) is 16.4. The van der Waals surface area contributed by atoms with Crippen LogP contribution >= 0.6 is 0 Å². The smallest absolute Gasteiger partial charge is 0.250 e. The first kappa shape index (κ1) is 32.6. The second-order valence-corrected chi connectivity index (χ2v) is 13.2. The molecule has 6 rings (SSSR count). The lowest BCUT2D eigenvalue weighted by Crippen LogP contribution is -2.57. The largest absolute Gasteiger partial charge is 0.396 e. The lowest BCUT2D eigenvalue weighted by Gasteiger charge is -2.39. The van der Waals surface area contributed by atoms with E-state index in [0.717, 1.165) is 11.1 Å². The number of benzene rings is 2. The zero-order chi connectivity index (χ0) is 33.3. The average Bonchev–Trinajstić information content (AvgIpc) is 3.74. The molecule has 0 aliphatic carbocycles. The van der Waals surface area contributed by atoms with Gasteiger partial charge in [0.15, 0.2) is 0 Å². The molecule has 1 N–H and O–H groups in total. The van der Waals surface area contributed by atoms with Crippen LogP contribution in [0.15, 0.2) is 79.9 Å². The highest BCUT2D eigenvalue weighted by molar-refractivity contribution is 5.99. The Morgan fingerprint density at radius 2 is 1.74 bits per heavy atom. The number of aliphatic hydroxyl groups is 1. The number of likely N-dealkylation sites (tertiary alicyclic amines) is 1. The molecule has 1 aromatic heterocycles. The lowest BCUT2D eigenvalue weighted by molar-refractivity contribution is -0.155. The summed E-state index contributed by atoms with van der Waals surface area (Å²) in [6, 6.07) is 16.3. The van der Waals surface area contributed by atoms with E-state index >= 15 is 0 Å². The summed E-state index contributed by atoms with van der Waals surface area (Å²) in [4.78, 5) is 49.1. The van der Waals surface area contributed by atoms with E-state index in [-0.39, 0.29) is 50.0 Å². The molecule has 11 heteroatoms. The first-order chi connectivity index (χ1) is 22.7. The number of unbranched alkanes of at least 4 members (excludes halogenated alkanes) is 1. The molecule has 248 valence electrons. The Morgan fingerprint density at radius 3 is 2.47 bits per heavy atom.